The Labute approximate surface area is 107 Å². The van der Waals surface area contributed by atoms with E-state index in [0.29, 0.717) is 19.4 Å². The van der Waals surface area contributed by atoms with E-state index >= 15 is 0 Å². The van der Waals surface area contributed by atoms with Gasteiger partial charge in [-0.05, 0) is 23.6 Å². The number of sulfonamides is 1. The lowest BCUT2D eigenvalue weighted by Gasteiger charge is -2.10. The molecule has 0 radical (unpaired) electrons. The van der Waals surface area contributed by atoms with Crippen molar-refractivity contribution in [3.63, 3.8) is 0 Å². The lowest BCUT2D eigenvalue weighted by Crippen LogP contribution is -2.24. The third-order valence-corrected chi connectivity index (χ3v) is 3.73. The fourth-order valence-electron chi connectivity index (χ4n) is 2.06. The van der Waals surface area contributed by atoms with E-state index in [1.54, 1.807) is 11.9 Å². The van der Waals surface area contributed by atoms with Gasteiger partial charge in [0, 0.05) is 19.3 Å². The van der Waals surface area contributed by atoms with Crippen LogP contribution in [0.3, 0.4) is 0 Å². The molecule has 18 heavy (non-hydrogen) atoms. The van der Waals surface area contributed by atoms with Gasteiger partial charge < -0.3 is 4.90 Å². The van der Waals surface area contributed by atoms with Crippen LogP contribution in [0.1, 0.15) is 11.1 Å². The first-order valence-corrected chi connectivity index (χ1v) is 7.59. The number of amides is 1. The number of benzene rings is 1. The number of nitrogens with one attached hydrogen (secondary N) is 1. The summed E-state index contributed by atoms with van der Waals surface area (Å²) in [4.78, 5) is 13.2. The number of rotatable bonds is 4. The highest BCUT2D eigenvalue weighted by Crippen LogP contribution is 2.28. The molecule has 0 saturated heterocycles. The molecule has 0 bridgehead atoms. The normalized spacial score (nSPS) is 15.0. The fourth-order valence-corrected chi connectivity index (χ4v) is 2.53. The number of carbonyl (C=O) groups is 1. The molecule has 1 aromatic rings. The molecule has 1 aliphatic rings. The van der Waals surface area contributed by atoms with E-state index in [1.165, 1.54) is 0 Å². The van der Waals surface area contributed by atoms with Gasteiger partial charge in [0.1, 0.15) is 0 Å². The van der Waals surface area contributed by atoms with Gasteiger partial charge in [-0.15, -0.1) is 0 Å². The predicted molar refractivity (Wildman–Crippen MR) is 70.1 cm³/mol. The van der Waals surface area contributed by atoms with Gasteiger partial charge in [-0.2, -0.15) is 0 Å². The van der Waals surface area contributed by atoms with E-state index in [1.807, 2.05) is 18.2 Å². The molecule has 1 heterocycles. The second-order valence-electron chi connectivity index (χ2n) is 4.51. The Hall–Kier alpha value is -1.40. The number of likely N-dealkylation sites (N-methyl/N-ethyl adjacent to an activating group) is 1. The minimum absolute atomic E-state index is 0.0939. The van der Waals surface area contributed by atoms with Crippen molar-refractivity contribution in [2.75, 3.05) is 24.7 Å². The third kappa shape index (κ3) is 2.88. The summed E-state index contributed by atoms with van der Waals surface area (Å²) in [6, 6.07) is 5.81. The van der Waals surface area contributed by atoms with Crippen LogP contribution in [0.5, 0.6) is 0 Å². The molecule has 0 aromatic heterocycles. The maximum atomic E-state index is 11.5. The summed E-state index contributed by atoms with van der Waals surface area (Å²) in [5, 5.41) is 0. The Balaban J connectivity index is 2.05. The first kappa shape index (κ1) is 13.0. The lowest BCUT2D eigenvalue weighted by molar-refractivity contribution is -0.117. The monoisotopic (exact) mass is 268 g/mol. The maximum Gasteiger partial charge on any atom is 0.231 e. The van der Waals surface area contributed by atoms with E-state index in [2.05, 4.69) is 4.72 Å². The quantitative estimate of drug-likeness (QED) is 0.854. The predicted octanol–water partition coefficient (Wildman–Crippen LogP) is 0.297. The largest absolute Gasteiger partial charge is 0.315 e. The summed E-state index contributed by atoms with van der Waals surface area (Å²) in [6.07, 6.45) is 2.20. The molecule has 5 nitrogen and oxygen atoms in total. The van der Waals surface area contributed by atoms with E-state index in [0.717, 1.165) is 23.1 Å². The number of fused-ring (bicyclic) bond motifs is 1. The molecule has 1 aromatic carbocycles. The summed E-state index contributed by atoms with van der Waals surface area (Å²) in [6.45, 7) is 0.376. The van der Waals surface area contributed by atoms with Crippen LogP contribution in [0.15, 0.2) is 18.2 Å². The van der Waals surface area contributed by atoms with E-state index < -0.39 is 10.0 Å². The van der Waals surface area contributed by atoms with Crippen LogP contribution in [0.25, 0.3) is 0 Å². The van der Waals surface area contributed by atoms with Crippen molar-refractivity contribution in [2.45, 2.75) is 12.8 Å². The lowest BCUT2D eigenvalue weighted by atomic mass is 10.1. The van der Waals surface area contributed by atoms with Crippen LogP contribution >= 0.6 is 0 Å². The molecule has 2 rings (SSSR count). The van der Waals surface area contributed by atoms with Crippen molar-refractivity contribution in [1.82, 2.24) is 4.72 Å². The molecule has 0 unspecified atom stereocenters. The van der Waals surface area contributed by atoms with Crippen molar-refractivity contribution >= 4 is 21.6 Å². The zero-order valence-corrected chi connectivity index (χ0v) is 11.3. The SMILES string of the molecule is CN1C(=O)Cc2cc(CCNS(C)(=O)=O)ccc21. The summed E-state index contributed by atoms with van der Waals surface area (Å²) < 4.78 is 24.3. The van der Waals surface area contributed by atoms with Crippen LogP contribution in [-0.4, -0.2) is 34.2 Å². The number of anilines is 1. The van der Waals surface area contributed by atoms with Gasteiger partial charge in [-0.25, -0.2) is 13.1 Å². The van der Waals surface area contributed by atoms with Crippen molar-refractivity contribution in [2.24, 2.45) is 0 Å². The van der Waals surface area contributed by atoms with Gasteiger partial charge in [0.25, 0.3) is 0 Å². The van der Waals surface area contributed by atoms with Crippen LogP contribution in [0.2, 0.25) is 0 Å². The van der Waals surface area contributed by atoms with Crippen molar-refractivity contribution < 1.29 is 13.2 Å². The van der Waals surface area contributed by atoms with E-state index in [9.17, 15) is 13.2 Å². The van der Waals surface area contributed by atoms with E-state index in [-0.39, 0.29) is 5.91 Å². The molecule has 1 aliphatic heterocycles. The third-order valence-electron chi connectivity index (χ3n) is 3.00. The van der Waals surface area contributed by atoms with Crippen molar-refractivity contribution in [3.05, 3.63) is 29.3 Å². The highest BCUT2D eigenvalue weighted by atomic mass is 32.2. The minimum Gasteiger partial charge on any atom is -0.315 e. The molecular formula is C12H16N2O3S. The standard InChI is InChI=1S/C12H16N2O3S/c1-14-11-4-3-9(5-6-13-18(2,16)17)7-10(11)8-12(14)15/h3-4,7,13H,5-6,8H2,1-2H3. The first-order valence-electron chi connectivity index (χ1n) is 5.70. The molecule has 1 N–H and O–H groups in total. The van der Waals surface area contributed by atoms with Gasteiger partial charge in [-0.3, -0.25) is 4.79 Å². The second kappa shape index (κ2) is 4.70. The van der Waals surface area contributed by atoms with Crippen LogP contribution in [-0.2, 0) is 27.7 Å². The van der Waals surface area contributed by atoms with Gasteiger partial charge in [0.05, 0.1) is 12.7 Å². The van der Waals surface area contributed by atoms with E-state index in [4.69, 9.17) is 0 Å². The molecule has 0 saturated carbocycles. The molecular weight excluding hydrogens is 252 g/mol. The zero-order valence-electron chi connectivity index (χ0n) is 10.4. The highest BCUT2D eigenvalue weighted by molar-refractivity contribution is 7.88. The molecule has 1 amide bonds. The van der Waals surface area contributed by atoms with Gasteiger partial charge in [0.15, 0.2) is 0 Å². The molecule has 0 fully saturated rings. The van der Waals surface area contributed by atoms with Crippen LogP contribution in [0, 0.1) is 0 Å². The zero-order chi connectivity index (χ0) is 13.3. The molecule has 0 spiro atoms. The second-order valence-corrected chi connectivity index (χ2v) is 6.34. The Morgan fingerprint density at radius 2 is 2.11 bits per heavy atom. The Bertz CT molecular complexity index is 581. The number of hydrogen-bond donors (Lipinski definition) is 1. The summed E-state index contributed by atoms with van der Waals surface area (Å²) in [7, 11) is -1.37. The van der Waals surface area contributed by atoms with Crippen molar-refractivity contribution in [3.8, 4) is 0 Å². The molecule has 0 atom stereocenters. The fraction of sp³-hybridized carbons (Fsp3) is 0.417. The topological polar surface area (TPSA) is 66.5 Å². The minimum atomic E-state index is -3.14. The average molecular weight is 268 g/mol. The van der Waals surface area contributed by atoms with Gasteiger partial charge in [-0.1, -0.05) is 12.1 Å². The first-order chi connectivity index (χ1) is 8.37. The highest BCUT2D eigenvalue weighted by Gasteiger charge is 2.23. The number of hydrogen-bond acceptors (Lipinski definition) is 3. The summed E-state index contributed by atoms with van der Waals surface area (Å²) in [5.74, 6) is 0.0939. The van der Waals surface area contributed by atoms with Crippen LogP contribution < -0.4 is 9.62 Å². The van der Waals surface area contributed by atoms with Gasteiger partial charge >= 0.3 is 0 Å². The summed E-state index contributed by atoms with van der Waals surface area (Å²) >= 11 is 0. The van der Waals surface area contributed by atoms with Gasteiger partial charge in [0.2, 0.25) is 15.9 Å². The van der Waals surface area contributed by atoms with Crippen LogP contribution in [0.4, 0.5) is 5.69 Å². The Morgan fingerprint density at radius 1 is 1.39 bits per heavy atom. The molecule has 6 heteroatoms. The number of carbonyl (C=O) groups excluding carboxylic acids is 1. The average Bonchev–Trinajstić information content (AvgIpc) is 2.53. The maximum absolute atomic E-state index is 11.5. The summed E-state index contributed by atoms with van der Waals surface area (Å²) in [5.41, 5.74) is 2.99. The smallest absolute Gasteiger partial charge is 0.231 e. The molecule has 98 valence electrons. The Kier molecular flexibility index (Phi) is 3.41. The Morgan fingerprint density at radius 3 is 2.78 bits per heavy atom. The van der Waals surface area contributed by atoms with Crippen molar-refractivity contribution in [1.29, 1.82) is 0 Å². The number of nitrogens with zero attached hydrogens (tertiary/aromatic N) is 1. The molecule has 0 aliphatic carbocycles.